The number of halogens is 1. The normalized spacial score (nSPS) is 14.8. The quantitative estimate of drug-likeness (QED) is 0.428. The van der Waals surface area contributed by atoms with Crippen LogP contribution in [0.4, 0.5) is 0 Å². The van der Waals surface area contributed by atoms with Gasteiger partial charge in [-0.3, -0.25) is 0 Å². The molecule has 158 valence electrons. The van der Waals surface area contributed by atoms with E-state index in [1.165, 1.54) is 22.3 Å². The Morgan fingerprint density at radius 2 is 1.90 bits per heavy atom. The largest absolute Gasteiger partial charge is 0.486 e. The minimum absolute atomic E-state index is 0.254. The van der Waals surface area contributed by atoms with Gasteiger partial charge in [0.2, 0.25) is 10.0 Å². The van der Waals surface area contributed by atoms with Crippen molar-refractivity contribution in [2.75, 3.05) is 13.1 Å². The summed E-state index contributed by atoms with van der Waals surface area (Å²) in [7, 11) is -3.42. The zero-order valence-corrected chi connectivity index (χ0v) is 19.2. The fraction of sp³-hybridized carbons (Fsp3) is 0.300. The van der Waals surface area contributed by atoms with Gasteiger partial charge in [-0.25, -0.2) is 18.4 Å². The minimum Gasteiger partial charge on any atom is -0.486 e. The number of pyridine rings is 1. The van der Waals surface area contributed by atoms with Crippen molar-refractivity contribution >= 4 is 44.7 Å². The molecule has 6 nitrogen and oxygen atoms in total. The maximum Gasteiger partial charge on any atom is 0.244 e. The predicted octanol–water partition coefficient (Wildman–Crippen LogP) is 4.85. The number of nitrogens with zero attached hydrogens (tertiary/aromatic N) is 3. The molecule has 0 aliphatic carbocycles. The molecule has 0 saturated carbocycles. The van der Waals surface area contributed by atoms with Crippen molar-refractivity contribution in [1.82, 2.24) is 14.3 Å². The molecule has 3 heterocycles. The van der Waals surface area contributed by atoms with Gasteiger partial charge < -0.3 is 4.74 Å². The molecule has 1 fully saturated rings. The van der Waals surface area contributed by atoms with Crippen LogP contribution in [0.15, 0.2) is 57.9 Å². The first-order valence-electron chi connectivity index (χ1n) is 9.41. The highest BCUT2D eigenvalue weighted by atomic mass is 35.5. The zero-order valence-electron chi connectivity index (χ0n) is 16.0. The molecule has 30 heavy (non-hydrogen) atoms. The number of thioether (sulfide) groups is 1. The van der Waals surface area contributed by atoms with Crippen molar-refractivity contribution in [1.29, 1.82) is 0 Å². The maximum absolute atomic E-state index is 12.6. The Labute approximate surface area is 189 Å². The van der Waals surface area contributed by atoms with E-state index in [-0.39, 0.29) is 4.90 Å². The second-order valence-corrected chi connectivity index (χ2v) is 11.0. The van der Waals surface area contributed by atoms with E-state index in [2.05, 4.69) is 9.97 Å². The van der Waals surface area contributed by atoms with Crippen LogP contribution in [0.2, 0.25) is 5.02 Å². The van der Waals surface area contributed by atoms with Gasteiger partial charge in [-0.05, 0) is 49.2 Å². The molecule has 0 spiro atoms. The van der Waals surface area contributed by atoms with Gasteiger partial charge in [-0.15, -0.1) is 23.1 Å². The van der Waals surface area contributed by atoms with E-state index in [0.717, 1.165) is 34.3 Å². The number of ether oxygens (including phenoxy) is 1. The van der Waals surface area contributed by atoms with E-state index in [1.54, 1.807) is 35.6 Å². The maximum atomic E-state index is 12.6. The van der Waals surface area contributed by atoms with Crippen molar-refractivity contribution in [3.05, 3.63) is 63.7 Å². The van der Waals surface area contributed by atoms with Crippen molar-refractivity contribution < 1.29 is 13.2 Å². The van der Waals surface area contributed by atoms with Crippen LogP contribution in [-0.2, 0) is 22.4 Å². The first-order chi connectivity index (χ1) is 14.5. The number of hydrogen-bond acceptors (Lipinski definition) is 7. The molecule has 1 aliphatic heterocycles. The Hall–Kier alpha value is -1.65. The summed E-state index contributed by atoms with van der Waals surface area (Å²) < 4.78 is 32.4. The number of rotatable bonds is 8. The molecule has 4 rings (SSSR count). The molecule has 0 bridgehead atoms. The number of thiazole rings is 1. The van der Waals surface area contributed by atoms with Crippen molar-refractivity contribution in [2.45, 2.75) is 35.1 Å². The fourth-order valence-corrected chi connectivity index (χ4v) is 6.12. The third-order valence-electron chi connectivity index (χ3n) is 4.56. The van der Waals surface area contributed by atoms with Crippen LogP contribution in [0.1, 0.15) is 23.5 Å². The Bertz CT molecular complexity index is 1080. The molecule has 0 N–H and O–H groups in total. The van der Waals surface area contributed by atoms with Crippen LogP contribution in [0.25, 0.3) is 0 Å². The van der Waals surface area contributed by atoms with Crippen molar-refractivity contribution in [3.8, 4) is 5.75 Å². The van der Waals surface area contributed by atoms with Crippen LogP contribution in [0.5, 0.6) is 5.75 Å². The van der Waals surface area contributed by atoms with Crippen LogP contribution in [0.3, 0.4) is 0 Å². The summed E-state index contributed by atoms with van der Waals surface area (Å²) in [6.07, 6.45) is 3.28. The van der Waals surface area contributed by atoms with E-state index in [0.29, 0.717) is 30.5 Å². The summed E-state index contributed by atoms with van der Waals surface area (Å²) >= 11 is 8.94. The van der Waals surface area contributed by atoms with E-state index >= 15 is 0 Å². The predicted molar refractivity (Wildman–Crippen MR) is 120 cm³/mol. The van der Waals surface area contributed by atoms with Gasteiger partial charge in [0.1, 0.15) is 22.3 Å². The highest BCUT2D eigenvalue weighted by Gasteiger charge is 2.27. The first kappa shape index (κ1) is 21.6. The van der Waals surface area contributed by atoms with Gasteiger partial charge in [0.05, 0.1) is 10.7 Å². The molecule has 2 aromatic heterocycles. The lowest BCUT2D eigenvalue weighted by Gasteiger charge is -2.15. The summed E-state index contributed by atoms with van der Waals surface area (Å²) in [6.45, 7) is 1.58. The third-order valence-corrected chi connectivity index (χ3v) is 8.54. The minimum atomic E-state index is -3.42. The lowest BCUT2D eigenvalue weighted by atomic mass is 10.3. The Morgan fingerprint density at radius 1 is 1.13 bits per heavy atom. The second kappa shape index (κ2) is 9.65. The lowest BCUT2D eigenvalue weighted by molar-refractivity contribution is 0.305. The third kappa shape index (κ3) is 5.33. The molecule has 1 aliphatic rings. The number of hydrogen-bond donors (Lipinski definition) is 0. The highest BCUT2D eigenvalue weighted by Crippen LogP contribution is 2.25. The molecule has 0 unspecified atom stereocenters. The van der Waals surface area contributed by atoms with Crippen molar-refractivity contribution in [2.24, 2.45) is 0 Å². The van der Waals surface area contributed by atoms with Gasteiger partial charge in [0.25, 0.3) is 0 Å². The Balaban J connectivity index is 1.30. The van der Waals surface area contributed by atoms with Crippen LogP contribution >= 0.6 is 34.7 Å². The first-order valence-corrected chi connectivity index (χ1v) is 13.1. The van der Waals surface area contributed by atoms with Gasteiger partial charge in [-0.2, -0.15) is 4.31 Å². The van der Waals surface area contributed by atoms with Gasteiger partial charge >= 0.3 is 0 Å². The van der Waals surface area contributed by atoms with E-state index < -0.39 is 10.0 Å². The van der Waals surface area contributed by atoms with E-state index in [1.807, 2.05) is 17.5 Å². The molecule has 3 aromatic rings. The zero-order chi connectivity index (χ0) is 21.0. The molecule has 1 aromatic carbocycles. The smallest absolute Gasteiger partial charge is 0.244 e. The van der Waals surface area contributed by atoms with Crippen molar-refractivity contribution in [3.63, 3.8) is 0 Å². The summed E-state index contributed by atoms with van der Waals surface area (Å²) in [5, 5.41) is 4.33. The lowest BCUT2D eigenvalue weighted by Crippen LogP contribution is -2.27. The molecule has 0 amide bonds. The molecular formula is C20H20ClN3O3S3. The molecule has 0 atom stereocenters. The second-order valence-electron chi connectivity index (χ2n) is 6.71. The van der Waals surface area contributed by atoms with Gasteiger partial charge in [0, 0.05) is 35.4 Å². The molecule has 10 heteroatoms. The highest BCUT2D eigenvalue weighted by molar-refractivity contribution is 7.98. The van der Waals surface area contributed by atoms with Crippen LogP contribution < -0.4 is 4.74 Å². The summed E-state index contributed by atoms with van der Waals surface area (Å²) in [5.41, 5.74) is 0.940. The topological polar surface area (TPSA) is 72.4 Å². The monoisotopic (exact) mass is 481 g/mol. The standard InChI is InChI=1S/C20H20ClN3O3S3/c21-15-3-5-17(6-4-15)27-12-20-23-16(14-29-20)13-28-19-8-7-18(11-22-19)30(25,26)24-9-1-2-10-24/h3-8,11,14H,1-2,9-10,12-13H2. The van der Waals surface area contributed by atoms with Crippen LogP contribution in [0, 0.1) is 0 Å². The number of aromatic nitrogens is 2. The summed E-state index contributed by atoms with van der Waals surface area (Å²) in [4.78, 5) is 9.16. The number of sulfonamides is 1. The summed E-state index contributed by atoms with van der Waals surface area (Å²) in [6, 6.07) is 10.6. The fourth-order valence-electron chi connectivity index (χ4n) is 2.99. The average molecular weight is 482 g/mol. The van der Waals surface area contributed by atoms with Gasteiger partial charge in [0.15, 0.2) is 0 Å². The SMILES string of the molecule is O=S(=O)(c1ccc(SCc2csc(COc3ccc(Cl)cc3)n2)nc1)N1CCCC1. The Kier molecular flexibility index (Phi) is 6.94. The molecule has 1 saturated heterocycles. The Morgan fingerprint density at radius 3 is 2.60 bits per heavy atom. The average Bonchev–Trinajstić information content (AvgIpc) is 3.45. The molecule has 0 radical (unpaired) electrons. The number of benzene rings is 1. The molecular weight excluding hydrogens is 462 g/mol. The van der Waals surface area contributed by atoms with Gasteiger partial charge in [-0.1, -0.05) is 11.6 Å². The van der Waals surface area contributed by atoms with E-state index in [4.69, 9.17) is 16.3 Å². The van der Waals surface area contributed by atoms with Crippen LogP contribution in [-0.4, -0.2) is 35.8 Å². The van der Waals surface area contributed by atoms with E-state index in [9.17, 15) is 8.42 Å². The summed E-state index contributed by atoms with van der Waals surface area (Å²) in [5.74, 6) is 1.40.